The molecule has 0 spiro atoms. The van der Waals surface area contributed by atoms with Crippen LogP contribution in [0.3, 0.4) is 0 Å². The fraction of sp³-hybridized carbons (Fsp3) is 0.190. The van der Waals surface area contributed by atoms with Crippen LogP contribution in [0.4, 0.5) is 5.69 Å². The number of amides is 2. The van der Waals surface area contributed by atoms with Crippen molar-refractivity contribution in [3.8, 4) is 0 Å². The van der Waals surface area contributed by atoms with Crippen LogP contribution in [0.2, 0.25) is 0 Å². The number of carbonyl (C=O) groups excluding carboxylic acids is 2. The van der Waals surface area contributed by atoms with Crippen LogP contribution in [0.25, 0.3) is 0 Å². The maximum absolute atomic E-state index is 12.5. The van der Waals surface area contributed by atoms with Gasteiger partial charge in [0.25, 0.3) is 5.91 Å². The fourth-order valence-corrected chi connectivity index (χ4v) is 3.90. The number of nitrogens with zero attached hydrogens (tertiary/aromatic N) is 2. The van der Waals surface area contributed by atoms with Crippen LogP contribution in [0, 0.1) is 0 Å². The topological polar surface area (TPSA) is 76.0 Å². The maximum Gasteiger partial charge on any atom is 0.251 e. The Balaban J connectivity index is 1.35. The molecule has 2 heterocycles. The summed E-state index contributed by atoms with van der Waals surface area (Å²) in [5.41, 5.74) is 2.45. The van der Waals surface area contributed by atoms with E-state index in [0.717, 1.165) is 17.3 Å². The third-order valence-corrected chi connectivity index (χ3v) is 5.58. The van der Waals surface area contributed by atoms with Gasteiger partial charge >= 0.3 is 0 Å². The zero-order chi connectivity index (χ0) is 19.3. The number of fused-ring (bicyclic) bond motifs is 1. The van der Waals surface area contributed by atoms with Gasteiger partial charge in [-0.1, -0.05) is 30.3 Å². The number of hydrogen-bond donors (Lipinski definition) is 2. The first-order chi connectivity index (χ1) is 13.7. The molecular weight excluding hydrogens is 372 g/mol. The van der Waals surface area contributed by atoms with Crippen LogP contribution in [0.15, 0.2) is 65.8 Å². The first-order valence-electron chi connectivity index (χ1n) is 9.08. The van der Waals surface area contributed by atoms with E-state index < -0.39 is 0 Å². The molecule has 0 fully saturated rings. The third kappa shape index (κ3) is 4.26. The predicted molar refractivity (Wildman–Crippen MR) is 110 cm³/mol. The molecule has 1 aliphatic heterocycles. The summed E-state index contributed by atoms with van der Waals surface area (Å²) in [5.74, 6) is 1.14. The molecular formula is C21H20N4O2S. The highest BCUT2D eigenvalue weighted by Crippen LogP contribution is 2.31. The standard InChI is InChI=1S/C21H20N4O2S/c26-20-14-28-18-7-6-16(12-17(18)24-20)21(27)23-9-8-19-22-10-11-25(19)13-15-4-2-1-3-5-15/h1-7,10-12H,8-9,13-14H2,(H,23,27)(H,24,26). The smallest absolute Gasteiger partial charge is 0.251 e. The van der Waals surface area contributed by atoms with Gasteiger partial charge in [-0.05, 0) is 23.8 Å². The average Bonchev–Trinajstić information content (AvgIpc) is 3.15. The summed E-state index contributed by atoms with van der Waals surface area (Å²) >= 11 is 1.48. The summed E-state index contributed by atoms with van der Waals surface area (Å²) in [6, 6.07) is 15.6. The van der Waals surface area contributed by atoms with Crippen LogP contribution in [0.5, 0.6) is 0 Å². The highest BCUT2D eigenvalue weighted by Gasteiger charge is 2.17. The molecule has 28 heavy (non-hydrogen) atoms. The van der Waals surface area contributed by atoms with E-state index in [0.29, 0.717) is 30.0 Å². The number of carbonyl (C=O) groups is 2. The molecule has 0 unspecified atom stereocenters. The molecule has 0 saturated heterocycles. The number of thioether (sulfide) groups is 1. The zero-order valence-corrected chi connectivity index (χ0v) is 16.0. The van der Waals surface area contributed by atoms with Crippen LogP contribution >= 0.6 is 11.8 Å². The Kier molecular flexibility index (Phi) is 5.43. The van der Waals surface area contributed by atoms with Gasteiger partial charge in [-0.3, -0.25) is 9.59 Å². The number of rotatable bonds is 6. The zero-order valence-electron chi connectivity index (χ0n) is 15.2. The van der Waals surface area contributed by atoms with Gasteiger partial charge in [-0.25, -0.2) is 4.98 Å². The van der Waals surface area contributed by atoms with Gasteiger partial charge in [-0.15, -0.1) is 11.8 Å². The first kappa shape index (κ1) is 18.3. The minimum Gasteiger partial charge on any atom is -0.352 e. The van der Waals surface area contributed by atoms with Gasteiger partial charge < -0.3 is 15.2 Å². The van der Waals surface area contributed by atoms with Gasteiger partial charge in [-0.2, -0.15) is 0 Å². The van der Waals surface area contributed by atoms with Gasteiger partial charge in [0.05, 0.1) is 11.4 Å². The largest absolute Gasteiger partial charge is 0.352 e. The SMILES string of the molecule is O=C1CSc2ccc(C(=O)NCCc3nccn3Cc3ccccc3)cc2N1. The number of imidazole rings is 1. The van der Waals surface area contributed by atoms with Crippen molar-refractivity contribution in [3.05, 3.63) is 77.9 Å². The minimum absolute atomic E-state index is 0.0414. The number of hydrogen-bond acceptors (Lipinski definition) is 4. The number of anilines is 1. The summed E-state index contributed by atoms with van der Waals surface area (Å²) in [6.45, 7) is 1.25. The molecule has 4 rings (SSSR count). The van der Waals surface area contributed by atoms with E-state index in [1.807, 2.05) is 30.5 Å². The lowest BCUT2D eigenvalue weighted by atomic mass is 10.2. The molecule has 0 aliphatic carbocycles. The molecule has 0 atom stereocenters. The van der Waals surface area contributed by atoms with E-state index in [-0.39, 0.29) is 11.8 Å². The highest BCUT2D eigenvalue weighted by molar-refractivity contribution is 8.00. The van der Waals surface area contributed by atoms with Crippen molar-refractivity contribution in [2.75, 3.05) is 17.6 Å². The summed E-state index contributed by atoms with van der Waals surface area (Å²) in [4.78, 5) is 29.4. The summed E-state index contributed by atoms with van der Waals surface area (Å²) in [5, 5.41) is 5.75. The molecule has 0 bridgehead atoms. The number of nitrogens with one attached hydrogen (secondary N) is 2. The Bertz CT molecular complexity index is 1000. The quantitative estimate of drug-likeness (QED) is 0.676. The Morgan fingerprint density at radius 1 is 1.21 bits per heavy atom. The molecule has 6 nitrogen and oxygen atoms in total. The monoisotopic (exact) mass is 392 g/mol. The van der Waals surface area contributed by atoms with Crippen molar-refractivity contribution in [2.24, 2.45) is 0 Å². The van der Waals surface area contributed by atoms with Gasteiger partial charge in [0.2, 0.25) is 5.91 Å². The van der Waals surface area contributed by atoms with Crippen molar-refractivity contribution in [1.29, 1.82) is 0 Å². The van der Waals surface area contributed by atoms with Crippen molar-refractivity contribution >= 4 is 29.3 Å². The lowest BCUT2D eigenvalue weighted by molar-refractivity contribution is -0.113. The number of benzene rings is 2. The molecule has 7 heteroatoms. The van der Waals surface area contributed by atoms with E-state index in [1.165, 1.54) is 17.3 Å². The highest BCUT2D eigenvalue weighted by atomic mass is 32.2. The molecule has 2 N–H and O–H groups in total. The van der Waals surface area contributed by atoms with Crippen molar-refractivity contribution in [2.45, 2.75) is 17.9 Å². The van der Waals surface area contributed by atoms with Crippen LogP contribution in [0.1, 0.15) is 21.7 Å². The van der Waals surface area contributed by atoms with Crippen LogP contribution in [-0.4, -0.2) is 33.7 Å². The van der Waals surface area contributed by atoms with Gasteiger partial charge in [0.1, 0.15) is 5.82 Å². The van der Waals surface area contributed by atoms with E-state index in [4.69, 9.17) is 0 Å². The summed E-state index contributed by atoms with van der Waals surface area (Å²) in [6.07, 6.45) is 4.38. The molecule has 2 aromatic carbocycles. The van der Waals surface area contributed by atoms with Gasteiger partial charge in [0.15, 0.2) is 0 Å². The number of aromatic nitrogens is 2. The summed E-state index contributed by atoms with van der Waals surface area (Å²) in [7, 11) is 0. The molecule has 1 aromatic heterocycles. The van der Waals surface area contributed by atoms with Crippen LogP contribution < -0.4 is 10.6 Å². The minimum atomic E-state index is -0.159. The second kappa shape index (κ2) is 8.31. The Labute approximate surface area is 167 Å². The summed E-state index contributed by atoms with van der Waals surface area (Å²) < 4.78 is 2.09. The first-order valence-corrected chi connectivity index (χ1v) is 10.1. The van der Waals surface area contributed by atoms with E-state index in [1.54, 1.807) is 18.3 Å². The molecule has 0 saturated carbocycles. The van der Waals surface area contributed by atoms with Gasteiger partial charge in [0, 0.05) is 42.4 Å². The Hall–Kier alpha value is -3.06. The molecule has 1 aliphatic rings. The normalized spacial score (nSPS) is 12.9. The van der Waals surface area contributed by atoms with Crippen molar-refractivity contribution in [3.63, 3.8) is 0 Å². The molecule has 3 aromatic rings. The third-order valence-electron chi connectivity index (χ3n) is 4.51. The lowest BCUT2D eigenvalue weighted by Crippen LogP contribution is -2.27. The fourth-order valence-electron chi connectivity index (χ4n) is 3.11. The molecule has 142 valence electrons. The van der Waals surface area contributed by atoms with E-state index in [2.05, 4.69) is 32.3 Å². The second-order valence-electron chi connectivity index (χ2n) is 6.51. The van der Waals surface area contributed by atoms with Crippen molar-refractivity contribution in [1.82, 2.24) is 14.9 Å². The lowest BCUT2D eigenvalue weighted by Gasteiger charge is -2.17. The second-order valence-corrected chi connectivity index (χ2v) is 7.53. The van der Waals surface area contributed by atoms with E-state index >= 15 is 0 Å². The Morgan fingerprint density at radius 3 is 2.93 bits per heavy atom. The van der Waals surface area contributed by atoms with Crippen molar-refractivity contribution < 1.29 is 9.59 Å². The van der Waals surface area contributed by atoms with Crippen LogP contribution in [-0.2, 0) is 17.8 Å². The maximum atomic E-state index is 12.5. The molecule has 0 radical (unpaired) electrons. The Morgan fingerprint density at radius 2 is 2.07 bits per heavy atom. The predicted octanol–water partition coefficient (Wildman–Crippen LogP) is 2.95. The average molecular weight is 392 g/mol. The molecule has 2 amide bonds. The van der Waals surface area contributed by atoms with E-state index in [9.17, 15) is 9.59 Å².